The van der Waals surface area contributed by atoms with Crippen LogP contribution in [0.4, 0.5) is 11.5 Å². The highest BCUT2D eigenvalue weighted by Crippen LogP contribution is 2.22. The predicted octanol–water partition coefficient (Wildman–Crippen LogP) is 4.32. The Balaban J connectivity index is 1.63. The number of rotatable bonds is 7. The Morgan fingerprint density at radius 3 is 2.52 bits per heavy atom. The second-order valence-corrected chi connectivity index (χ2v) is 7.04. The fraction of sp³-hybridized carbons (Fsp3) is 0.261. The number of carbonyl (C=O) groups excluding carboxylic acids is 1. The summed E-state index contributed by atoms with van der Waals surface area (Å²) in [5.74, 6) is 1.20. The molecule has 0 aliphatic heterocycles. The van der Waals surface area contributed by atoms with Crippen molar-refractivity contribution >= 4 is 17.4 Å². The molecular weight excluding hydrogens is 364 g/mol. The average molecular weight is 390 g/mol. The number of nitrogens with one attached hydrogen (secondary N) is 2. The number of benzene rings is 2. The second kappa shape index (κ2) is 9.19. The summed E-state index contributed by atoms with van der Waals surface area (Å²) >= 11 is 0. The summed E-state index contributed by atoms with van der Waals surface area (Å²) in [4.78, 5) is 21.0. The minimum atomic E-state index is -0.252. The summed E-state index contributed by atoms with van der Waals surface area (Å²) in [6.45, 7) is 6.70. The van der Waals surface area contributed by atoms with E-state index in [9.17, 15) is 4.79 Å². The van der Waals surface area contributed by atoms with Crippen LogP contribution in [0.25, 0.3) is 0 Å². The van der Waals surface area contributed by atoms with Gasteiger partial charge in [-0.1, -0.05) is 29.8 Å². The lowest BCUT2D eigenvalue weighted by atomic mass is 10.0. The van der Waals surface area contributed by atoms with Crippen LogP contribution < -0.4 is 15.4 Å². The number of carbonyl (C=O) groups is 1. The minimum Gasteiger partial charge on any atom is -0.497 e. The van der Waals surface area contributed by atoms with Crippen molar-refractivity contribution in [3.8, 4) is 5.75 Å². The van der Waals surface area contributed by atoms with Gasteiger partial charge < -0.3 is 15.4 Å². The molecule has 0 aliphatic carbocycles. The van der Waals surface area contributed by atoms with Crippen LogP contribution in [0.3, 0.4) is 0 Å². The number of aryl methyl sites for hydroxylation is 3. The van der Waals surface area contributed by atoms with Gasteiger partial charge in [-0.2, -0.15) is 0 Å². The Morgan fingerprint density at radius 2 is 1.79 bits per heavy atom. The van der Waals surface area contributed by atoms with E-state index in [2.05, 4.69) is 26.7 Å². The standard InChI is InChI=1S/C23H26N4O2/c1-15-10-16(2)22(17(3)11-15)27-23(28)20-13-21(26-14-25-20)24-9-8-18-6-5-7-19(12-18)29-4/h5-7,10-14H,8-9H2,1-4H3,(H,27,28)(H,24,25,26). The lowest BCUT2D eigenvalue weighted by Crippen LogP contribution is -2.16. The van der Waals surface area contributed by atoms with E-state index in [1.165, 1.54) is 11.9 Å². The molecule has 0 spiro atoms. The van der Waals surface area contributed by atoms with E-state index in [4.69, 9.17) is 4.74 Å². The molecule has 0 unspecified atom stereocenters. The van der Waals surface area contributed by atoms with Gasteiger partial charge in [0, 0.05) is 18.3 Å². The van der Waals surface area contributed by atoms with Gasteiger partial charge in [-0.25, -0.2) is 9.97 Å². The molecule has 3 rings (SSSR count). The summed E-state index contributed by atoms with van der Waals surface area (Å²) in [5.41, 5.74) is 5.54. The number of anilines is 2. The van der Waals surface area contributed by atoms with Crippen molar-refractivity contribution in [3.63, 3.8) is 0 Å². The van der Waals surface area contributed by atoms with Crippen molar-refractivity contribution in [3.05, 3.63) is 76.7 Å². The molecule has 1 aromatic heterocycles. The molecule has 1 amide bonds. The van der Waals surface area contributed by atoms with E-state index in [1.807, 2.05) is 51.1 Å². The average Bonchev–Trinajstić information content (AvgIpc) is 2.71. The molecule has 2 N–H and O–H groups in total. The zero-order valence-electron chi connectivity index (χ0n) is 17.2. The highest BCUT2D eigenvalue weighted by atomic mass is 16.5. The number of aromatic nitrogens is 2. The van der Waals surface area contributed by atoms with Crippen LogP contribution in [0.1, 0.15) is 32.7 Å². The van der Waals surface area contributed by atoms with E-state index in [0.717, 1.165) is 34.5 Å². The summed E-state index contributed by atoms with van der Waals surface area (Å²) in [7, 11) is 1.66. The molecule has 3 aromatic rings. The fourth-order valence-electron chi connectivity index (χ4n) is 3.30. The quantitative estimate of drug-likeness (QED) is 0.628. The number of hydrogen-bond donors (Lipinski definition) is 2. The van der Waals surface area contributed by atoms with Crippen molar-refractivity contribution in [2.24, 2.45) is 0 Å². The Bertz CT molecular complexity index is 994. The van der Waals surface area contributed by atoms with Crippen LogP contribution in [-0.2, 0) is 6.42 Å². The molecule has 0 fully saturated rings. The lowest BCUT2D eigenvalue weighted by Gasteiger charge is -2.13. The van der Waals surface area contributed by atoms with Crippen molar-refractivity contribution in [2.45, 2.75) is 27.2 Å². The monoisotopic (exact) mass is 390 g/mol. The van der Waals surface area contributed by atoms with E-state index in [0.29, 0.717) is 18.1 Å². The third kappa shape index (κ3) is 5.31. The SMILES string of the molecule is COc1cccc(CCNc2cc(C(=O)Nc3c(C)cc(C)cc3C)ncn2)c1. The molecule has 150 valence electrons. The Hall–Kier alpha value is -3.41. The molecule has 0 aliphatic rings. The van der Waals surface area contributed by atoms with Gasteiger partial charge in [0.15, 0.2) is 0 Å². The third-order valence-electron chi connectivity index (χ3n) is 4.67. The number of nitrogens with zero attached hydrogens (tertiary/aromatic N) is 2. The molecule has 0 atom stereocenters. The zero-order valence-corrected chi connectivity index (χ0v) is 17.2. The van der Waals surface area contributed by atoms with Crippen LogP contribution in [0.5, 0.6) is 5.75 Å². The van der Waals surface area contributed by atoms with Crippen molar-refractivity contribution in [1.82, 2.24) is 9.97 Å². The van der Waals surface area contributed by atoms with Gasteiger partial charge in [0.25, 0.3) is 5.91 Å². The number of hydrogen-bond acceptors (Lipinski definition) is 5. The first-order valence-corrected chi connectivity index (χ1v) is 9.54. The molecule has 6 heteroatoms. The van der Waals surface area contributed by atoms with Gasteiger partial charge in [-0.3, -0.25) is 4.79 Å². The van der Waals surface area contributed by atoms with Crippen molar-refractivity contribution in [1.29, 1.82) is 0 Å². The molecule has 0 saturated carbocycles. The Morgan fingerprint density at radius 1 is 1.03 bits per heavy atom. The molecule has 0 saturated heterocycles. The van der Waals surface area contributed by atoms with E-state index < -0.39 is 0 Å². The number of methoxy groups -OCH3 is 1. The minimum absolute atomic E-state index is 0.252. The summed E-state index contributed by atoms with van der Waals surface area (Å²) < 4.78 is 5.25. The summed E-state index contributed by atoms with van der Waals surface area (Å²) in [6.07, 6.45) is 2.21. The van der Waals surface area contributed by atoms with E-state index in [1.54, 1.807) is 13.2 Å². The first kappa shape index (κ1) is 20.3. The van der Waals surface area contributed by atoms with Crippen LogP contribution in [0, 0.1) is 20.8 Å². The molecular formula is C23H26N4O2. The van der Waals surface area contributed by atoms with Crippen molar-refractivity contribution in [2.75, 3.05) is 24.3 Å². The number of amides is 1. The van der Waals surface area contributed by atoms with Gasteiger partial charge >= 0.3 is 0 Å². The van der Waals surface area contributed by atoms with Gasteiger partial charge in [0.1, 0.15) is 23.6 Å². The number of ether oxygens (including phenoxy) is 1. The van der Waals surface area contributed by atoms with Crippen LogP contribution >= 0.6 is 0 Å². The maximum atomic E-state index is 12.7. The van der Waals surface area contributed by atoms with Gasteiger partial charge in [-0.15, -0.1) is 0 Å². The molecule has 0 bridgehead atoms. The Labute approximate surface area is 171 Å². The largest absolute Gasteiger partial charge is 0.497 e. The van der Waals surface area contributed by atoms with E-state index in [-0.39, 0.29) is 5.91 Å². The van der Waals surface area contributed by atoms with Crippen LogP contribution in [-0.4, -0.2) is 29.5 Å². The second-order valence-electron chi connectivity index (χ2n) is 7.04. The first-order valence-electron chi connectivity index (χ1n) is 9.54. The summed E-state index contributed by atoms with van der Waals surface area (Å²) in [5, 5.41) is 6.22. The Kier molecular flexibility index (Phi) is 6.44. The fourth-order valence-corrected chi connectivity index (χ4v) is 3.30. The topological polar surface area (TPSA) is 76.1 Å². The normalized spacial score (nSPS) is 10.5. The maximum absolute atomic E-state index is 12.7. The molecule has 2 aromatic carbocycles. The van der Waals surface area contributed by atoms with Gasteiger partial charge in [-0.05, 0) is 56.0 Å². The first-order chi connectivity index (χ1) is 14.0. The van der Waals surface area contributed by atoms with Gasteiger partial charge in [0.05, 0.1) is 7.11 Å². The zero-order chi connectivity index (χ0) is 20.8. The van der Waals surface area contributed by atoms with Crippen molar-refractivity contribution < 1.29 is 9.53 Å². The lowest BCUT2D eigenvalue weighted by molar-refractivity contribution is 0.102. The highest BCUT2D eigenvalue weighted by Gasteiger charge is 2.12. The third-order valence-corrected chi connectivity index (χ3v) is 4.67. The van der Waals surface area contributed by atoms with Crippen LogP contribution in [0.15, 0.2) is 48.8 Å². The predicted molar refractivity (Wildman–Crippen MR) is 116 cm³/mol. The molecule has 6 nitrogen and oxygen atoms in total. The van der Waals surface area contributed by atoms with Crippen LogP contribution in [0.2, 0.25) is 0 Å². The molecule has 1 heterocycles. The smallest absolute Gasteiger partial charge is 0.274 e. The molecule has 29 heavy (non-hydrogen) atoms. The maximum Gasteiger partial charge on any atom is 0.274 e. The highest BCUT2D eigenvalue weighted by molar-refractivity contribution is 6.04. The molecule has 0 radical (unpaired) electrons. The summed E-state index contributed by atoms with van der Waals surface area (Å²) in [6, 6.07) is 13.7. The van der Waals surface area contributed by atoms with E-state index >= 15 is 0 Å². The van der Waals surface area contributed by atoms with Gasteiger partial charge in [0.2, 0.25) is 0 Å².